The van der Waals surface area contributed by atoms with Crippen molar-refractivity contribution in [3.05, 3.63) is 24.3 Å². The second-order valence-corrected chi connectivity index (χ2v) is 8.18. The number of hydrogen-bond acceptors (Lipinski definition) is 2. The van der Waals surface area contributed by atoms with Gasteiger partial charge in [-0.1, -0.05) is 102 Å². The first-order valence-corrected chi connectivity index (χ1v) is 12.5. The molecule has 0 unspecified atom stereocenters. The van der Waals surface area contributed by atoms with Gasteiger partial charge in [0, 0.05) is 13.0 Å². The Morgan fingerprint density at radius 3 is 1.69 bits per heavy atom. The highest BCUT2D eigenvalue weighted by atomic mass is 16.3. The summed E-state index contributed by atoms with van der Waals surface area (Å²) in [6.07, 6.45) is 31.7. The standard InChI is InChI=1S/C26H49NO2/c1-2-3-4-5-6-7-8-9-10-11-12-13-14-15-16-17-18-19-20-21-22-23-26(29)27-24-25-28/h8-9,11-12,28H,2-7,10,13-25H2,1H3,(H,27,29)/b9-8-,12-11-. The van der Waals surface area contributed by atoms with Gasteiger partial charge in [-0.2, -0.15) is 0 Å². The van der Waals surface area contributed by atoms with Crippen molar-refractivity contribution in [1.29, 1.82) is 0 Å². The van der Waals surface area contributed by atoms with Gasteiger partial charge in [0.25, 0.3) is 0 Å². The predicted molar refractivity (Wildman–Crippen MR) is 127 cm³/mol. The van der Waals surface area contributed by atoms with E-state index in [4.69, 9.17) is 5.11 Å². The number of amides is 1. The lowest BCUT2D eigenvalue weighted by Crippen LogP contribution is -2.25. The zero-order valence-corrected chi connectivity index (χ0v) is 19.3. The van der Waals surface area contributed by atoms with E-state index in [1.165, 1.54) is 89.9 Å². The van der Waals surface area contributed by atoms with Gasteiger partial charge >= 0.3 is 0 Å². The smallest absolute Gasteiger partial charge is 0.220 e. The molecule has 170 valence electrons. The fourth-order valence-electron chi connectivity index (χ4n) is 3.44. The molecule has 0 aliphatic rings. The summed E-state index contributed by atoms with van der Waals surface area (Å²) in [6, 6.07) is 0. The Kier molecular flexibility index (Phi) is 24.0. The monoisotopic (exact) mass is 407 g/mol. The van der Waals surface area contributed by atoms with E-state index in [1.54, 1.807) is 0 Å². The number of allylic oxidation sites excluding steroid dienone is 4. The van der Waals surface area contributed by atoms with E-state index in [1.807, 2.05) is 0 Å². The minimum atomic E-state index is 0.0265. The van der Waals surface area contributed by atoms with Crippen molar-refractivity contribution >= 4 is 5.91 Å². The van der Waals surface area contributed by atoms with Gasteiger partial charge in [0.15, 0.2) is 0 Å². The van der Waals surface area contributed by atoms with Crippen LogP contribution in [0.4, 0.5) is 0 Å². The highest BCUT2D eigenvalue weighted by molar-refractivity contribution is 5.75. The van der Waals surface area contributed by atoms with Crippen molar-refractivity contribution in [2.45, 2.75) is 122 Å². The number of nitrogens with one attached hydrogen (secondary N) is 1. The van der Waals surface area contributed by atoms with Gasteiger partial charge in [0.2, 0.25) is 5.91 Å². The first-order valence-electron chi connectivity index (χ1n) is 12.5. The highest BCUT2D eigenvalue weighted by Crippen LogP contribution is 2.12. The van der Waals surface area contributed by atoms with Gasteiger partial charge in [-0.15, -0.1) is 0 Å². The Balaban J connectivity index is 3.19. The molecule has 3 nitrogen and oxygen atoms in total. The summed E-state index contributed by atoms with van der Waals surface area (Å²) in [7, 11) is 0. The topological polar surface area (TPSA) is 49.3 Å². The minimum Gasteiger partial charge on any atom is -0.395 e. The van der Waals surface area contributed by atoms with Gasteiger partial charge in [-0.3, -0.25) is 4.79 Å². The SMILES string of the molecule is CCCCCCC/C=C\C/C=C\CCCCCCCCCCCC(=O)NCCO. The van der Waals surface area contributed by atoms with Crippen LogP contribution in [0, 0.1) is 0 Å². The van der Waals surface area contributed by atoms with Gasteiger partial charge in [-0.05, 0) is 38.5 Å². The largest absolute Gasteiger partial charge is 0.395 e. The van der Waals surface area contributed by atoms with Gasteiger partial charge < -0.3 is 10.4 Å². The summed E-state index contributed by atoms with van der Waals surface area (Å²) in [6.45, 7) is 2.67. The van der Waals surface area contributed by atoms with Gasteiger partial charge in [0.1, 0.15) is 0 Å². The third kappa shape index (κ3) is 24.9. The molecule has 29 heavy (non-hydrogen) atoms. The number of carbonyl (C=O) groups excluding carboxylic acids is 1. The molecule has 0 saturated heterocycles. The molecule has 0 aliphatic carbocycles. The van der Waals surface area contributed by atoms with Crippen LogP contribution >= 0.6 is 0 Å². The van der Waals surface area contributed by atoms with Crippen molar-refractivity contribution in [2.24, 2.45) is 0 Å². The molecule has 0 spiro atoms. The molecule has 2 N–H and O–H groups in total. The second-order valence-electron chi connectivity index (χ2n) is 8.18. The molecule has 0 aromatic rings. The molecule has 0 heterocycles. The third-order valence-corrected chi connectivity index (χ3v) is 5.29. The molecular formula is C26H49NO2. The lowest BCUT2D eigenvalue weighted by Gasteiger charge is -2.03. The number of carbonyl (C=O) groups is 1. The molecule has 0 aromatic heterocycles. The van der Waals surface area contributed by atoms with Crippen LogP contribution in [-0.4, -0.2) is 24.2 Å². The van der Waals surface area contributed by atoms with E-state index in [2.05, 4.69) is 36.5 Å². The summed E-state index contributed by atoms with van der Waals surface area (Å²) >= 11 is 0. The van der Waals surface area contributed by atoms with Crippen LogP contribution in [0.3, 0.4) is 0 Å². The maximum absolute atomic E-state index is 11.4. The third-order valence-electron chi connectivity index (χ3n) is 5.29. The van der Waals surface area contributed by atoms with Crippen LogP contribution in [0.2, 0.25) is 0 Å². The zero-order chi connectivity index (χ0) is 21.3. The van der Waals surface area contributed by atoms with Crippen molar-refractivity contribution in [2.75, 3.05) is 13.2 Å². The fraction of sp³-hybridized carbons (Fsp3) is 0.808. The Labute approximate surface area is 181 Å². The summed E-state index contributed by atoms with van der Waals surface area (Å²) in [5.74, 6) is 0.0712. The van der Waals surface area contributed by atoms with Crippen molar-refractivity contribution in [1.82, 2.24) is 5.32 Å². The number of hydrogen-bond donors (Lipinski definition) is 2. The predicted octanol–water partition coefficient (Wildman–Crippen LogP) is 7.25. The average Bonchev–Trinajstić information content (AvgIpc) is 2.73. The molecule has 0 bridgehead atoms. The zero-order valence-electron chi connectivity index (χ0n) is 19.3. The van der Waals surface area contributed by atoms with E-state index in [0.717, 1.165) is 19.3 Å². The van der Waals surface area contributed by atoms with Crippen LogP contribution in [0.15, 0.2) is 24.3 Å². The van der Waals surface area contributed by atoms with Gasteiger partial charge in [0.05, 0.1) is 6.61 Å². The molecule has 0 fully saturated rings. The Hall–Kier alpha value is -1.09. The van der Waals surface area contributed by atoms with Crippen molar-refractivity contribution in [3.8, 4) is 0 Å². The van der Waals surface area contributed by atoms with Crippen LogP contribution < -0.4 is 5.32 Å². The molecule has 3 heteroatoms. The van der Waals surface area contributed by atoms with E-state index in [9.17, 15) is 4.79 Å². The number of rotatable bonds is 22. The van der Waals surface area contributed by atoms with Crippen molar-refractivity contribution in [3.63, 3.8) is 0 Å². The molecule has 0 saturated carbocycles. The van der Waals surface area contributed by atoms with E-state index in [0.29, 0.717) is 13.0 Å². The Morgan fingerprint density at radius 2 is 1.17 bits per heavy atom. The fourth-order valence-corrected chi connectivity index (χ4v) is 3.44. The summed E-state index contributed by atoms with van der Waals surface area (Å²) in [4.78, 5) is 11.4. The Morgan fingerprint density at radius 1 is 0.690 bits per heavy atom. The summed E-state index contributed by atoms with van der Waals surface area (Å²) < 4.78 is 0. The van der Waals surface area contributed by atoms with E-state index < -0.39 is 0 Å². The lowest BCUT2D eigenvalue weighted by atomic mass is 10.1. The normalized spacial score (nSPS) is 11.7. The molecule has 0 aliphatic heterocycles. The van der Waals surface area contributed by atoms with Crippen LogP contribution in [0.1, 0.15) is 122 Å². The second kappa shape index (κ2) is 24.9. The average molecular weight is 408 g/mol. The van der Waals surface area contributed by atoms with Crippen LogP contribution in [0.5, 0.6) is 0 Å². The maximum atomic E-state index is 11.4. The summed E-state index contributed by atoms with van der Waals surface area (Å²) in [5, 5.41) is 11.3. The molecule has 1 amide bonds. The molecule has 0 atom stereocenters. The Bertz CT molecular complexity index is 390. The van der Waals surface area contributed by atoms with E-state index in [-0.39, 0.29) is 12.5 Å². The molecule has 0 radical (unpaired) electrons. The molecule has 0 aromatic carbocycles. The number of unbranched alkanes of at least 4 members (excludes halogenated alkanes) is 14. The highest BCUT2D eigenvalue weighted by Gasteiger charge is 1.99. The van der Waals surface area contributed by atoms with Gasteiger partial charge in [-0.25, -0.2) is 0 Å². The van der Waals surface area contributed by atoms with E-state index >= 15 is 0 Å². The summed E-state index contributed by atoms with van der Waals surface area (Å²) in [5.41, 5.74) is 0. The van der Waals surface area contributed by atoms with Crippen LogP contribution in [-0.2, 0) is 4.79 Å². The number of aliphatic hydroxyl groups excluding tert-OH is 1. The van der Waals surface area contributed by atoms with Crippen LogP contribution in [0.25, 0.3) is 0 Å². The minimum absolute atomic E-state index is 0.0265. The maximum Gasteiger partial charge on any atom is 0.220 e. The number of aliphatic hydroxyl groups is 1. The molecular weight excluding hydrogens is 358 g/mol. The molecule has 0 rings (SSSR count). The first kappa shape index (κ1) is 27.9. The van der Waals surface area contributed by atoms with Crippen molar-refractivity contribution < 1.29 is 9.90 Å². The first-order chi connectivity index (χ1) is 14.3. The quantitative estimate of drug-likeness (QED) is 0.147. The lowest BCUT2D eigenvalue weighted by molar-refractivity contribution is -0.121.